The molecule has 0 rings (SSSR count). The monoisotopic (exact) mass is 1460 g/mol. The highest BCUT2D eigenvalue weighted by Crippen LogP contribution is 2.48. The van der Waals surface area contributed by atoms with Crippen molar-refractivity contribution in [1.82, 2.24) is 0 Å². The number of carbonyl (C=O) groups excluding carboxylic acids is 8. The van der Waals surface area contributed by atoms with Crippen LogP contribution < -0.4 is 0 Å². The number of aliphatic hydroxyl groups excluding tert-OH is 2. The van der Waals surface area contributed by atoms with Crippen LogP contribution in [0.4, 0.5) is 0 Å². The van der Waals surface area contributed by atoms with Crippen molar-refractivity contribution in [3.63, 3.8) is 0 Å². The highest BCUT2D eigenvalue weighted by Gasteiger charge is 2.30. The fourth-order valence-electron chi connectivity index (χ4n) is 4.15. The highest BCUT2D eigenvalue weighted by atomic mass is 127. The number of ether oxygens (including phenoxy) is 12. The first-order valence-corrected chi connectivity index (χ1v) is 34.7. The van der Waals surface area contributed by atoms with E-state index < -0.39 is 107 Å². The molecule has 0 amide bonds. The first kappa shape index (κ1) is 77.3. The van der Waals surface area contributed by atoms with Gasteiger partial charge in [-0.05, 0) is 56.2 Å². The van der Waals surface area contributed by atoms with Crippen molar-refractivity contribution in [3.05, 3.63) is 49.6 Å². The van der Waals surface area contributed by atoms with Gasteiger partial charge < -0.3 is 71.6 Å². The lowest BCUT2D eigenvalue weighted by atomic mass is 10.3. The van der Waals surface area contributed by atoms with Crippen molar-refractivity contribution in [2.24, 2.45) is 0 Å². The van der Waals surface area contributed by atoms with Gasteiger partial charge >= 0.3 is 47.8 Å². The van der Waals surface area contributed by atoms with Gasteiger partial charge in [0.2, 0.25) is 0 Å². The lowest BCUT2D eigenvalue weighted by Crippen LogP contribution is -2.30. The van der Waals surface area contributed by atoms with Crippen LogP contribution in [0.3, 0.4) is 0 Å². The van der Waals surface area contributed by atoms with Gasteiger partial charge in [-0.2, -0.15) is 0 Å². The summed E-state index contributed by atoms with van der Waals surface area (Å²) in [7, 11) is 18.6. The van der Waals surface area contributed by atoms with E-state index in [2.05, 4.69) is 31.1 Å². The van der Waals surface area contributed by atoms with E-state index in [9.17, 15) is 48.6 Å². The van der Waals surface area contributed by atoms with Crippen LogP contribution in [-0.4, -0.2) is 203 Å². The van der Waals surface area contributed by atoms with Gasteiger partial charge in [0, 0.05) is 36.1 Å². The Morgan fingerprint density at radius 1 is 0.587 bits per heavy atom. The largest absolute Gasteiger partial charge is 0.462 e. The molecular formula is C43H65B3I3O23P3. The molecule has 0 aliphatic heterocycles. The average molecular weight is 1460 g/mol. The Morgan fingerprint density at radius 2 is 0.973 bits per heavy atom. The van der Waals surface area contributed by atoms with E-state index in [4.69, 9.17) is 79.3 Å². The van der Waals surface area contributed by atoms with Gasteiger partial charge in [0.1, 0.15) is 73.1 Å². The second-order valence-electron chi connectivity index (χ2n) is 14.6. The number of hydrogen-bond donors (Lipinski definition) is 2. The number of halogens is 3. The molecule has 23 nitrogen and oxygen atoms in total. The van der Waals surface area contributed by atoms with Crippen molar-refractivity contribution in [2.45, 2.75) is 96.1 Å². The lowest BCUT2D eigenvalue weighted by Gasteiger charge is -2.21. The van der Waals surface area contributed by atoms with Crippen molar-refractivity contribution in [2.75, 3.05) is 79.8 Å². The molecule has 10 unspecified atom stereocenters. The third-order valence-corrected chi connectivity index (χ3v) is 15.0. The summed E-state index contributed by atoms with van der Waals surface area (Å²) in [5.41, 5.74) is -4.84. The number of hydrogen-bond acceptors (Lipinski definition) is 23. The Kier molecular flexibility index (Phi) is 49.6. The normalized spacial score (nSPS) is 14.5. The Morgan fingerprint density at radius 3 is 1.35 bits per heavy atom. The maximum Gasteiger partial charge on any atom is 0.333 e. The Balaban J connectivity index is -0.00000104. The summed E-state index contributed by atoms with van der Waals surface area (Å²) in [6.07, 6.45) is -1.62. The van der Waals surface area contributed by atoms with Gasteiger partial charge in [-0.25, -0.2) is 19.2 Å². The molecule has 0 aliphatic rings. The predicted molar refractivity (Wildman–Crippen MR) is 306 cm³/mol. The molecular weight excluding hydrogens is 1390 g/mol. The average Bonchev–Trinajstić information content (AvgIpc) is 3.34. The second-order valence-corrected chi connectivity index (χ2v) is 27.5. The van der Waals surface area contributed by atoms with E-state index in [-0.39, 0.29) is 90.1 Å². The Hall–Kier alpha value is -1.89. The molecule has 0 aromatic rings. The van der Waals surface area contributed by atoms with Gasteiger partial charge in [-0.3, -0.25) is 19.2 Å². The van der Waals surface area contributed by atoms with E-state index >= 15 is 0 Å². The molecule has 10 atom stereocenters. The zero-order valence-corrected chi connectivity index (χ0v) is 51.8. The minimum atomic E-state index is -1.27. The fraction of sp³-hybridized carbons (Fsp3) is 0.628. The van der Waals surface area contributed by atoms with Gasteiger partial charge in [-0.1, -0.05) is 88.2 Å². The van der Waals surface area contributed by atoms with Crippen LogP contribution in [0, 0.1) is 0 Å². The fourth-order valence-corrected chi connectivity index (χ4v) is 9.24. The first-order chi connectivity index (χ1) is 35.1. The molecule has 75 heavy (non-hydrogen) atoms. The van der Waals surface area contributed by atoms with Crippen LogP contribution in [0.15, 0.2) is 49.6 Å². The number of aliphatic hydroxyl groups is 2. The molecule has 6 radical (unpaired) electrons. The van der Waals surface area contributed by atoms with Crippen LogP contribution in [0.25, 0.3) is 0 Å². The molecule has 0 heterocycles. The number of carbonyl (C=O) groups is 8. The van der Waals surface area contributed by atoms with E-state index in [0.29, 0.717) is 6.61 Å². The summed E-state index contributed by atoms with van der Waals surface area (Å²) in [4.78, 5) is 91.8. The van der Waals surface area contributed by atoms with Crippen molar-refractivity contribution >= 4 is 153 Å². The molecule has 0 bridgehead atoms. The van der Waals surface area contributed by atoms with Crippen LogP contribution in [0.2, 0.25) is 0 Å². The molecule has 420 valence electrons. The maximum absolute atomic E-state index is 12.1. The van der Waals surface area contributed by atoms with Crippen LogP contribution in [0.5, 0.6) is 0 Å². The van der Waals surface area contributed by atoms with Crippen LogP contribution in [-0.2, 0) is 99.7 Å². The summed E-state index contributed by atoms with van der Waals surface area (Å²) in [5.74, 6) is -4.83. The van der Waals surface area contributed by atoms with Gasteiger partial charge in [-0.15, -0.1) is 0 Å². The molecule has 32 heteroatoms. The summed E-state index contributed by atoms with van der Waals surface area (Å²) in [5, 5.41) is 19.3. The molecule has 0 aliphatic carbocycles. The molecule has 0 saturated heterocycles. The van der Waals surface area contributed by atoms with Gasteiger partial charge in [0.15, 0.2) is 20.1 Å². The van der Waals surface area contributed by atoms with Crippen molar-refractivity contribution in [3.8, 4) is 0 Å². The molecule has 2 N–H and O–H groups in total. The summed E-state index contributed by atoms with van der Waals surface area (Å²) in [6.45, 7) is 21.0. The Labute approximate surface area is 484 Å². The molecule has 0 spiro atoms. The van der Waals surface area contributed by atoms with E-state index in [0.717, 1.165) is 18.6 Å². The molecule has 0 aromatic heterocycles. The zero-order valence-electron chi connectivity index (χ0n) is 42.6. The SMILES string of the molecule is [B]P(I)C(CC(=O)OCCOC(=O)C(=C)C)C(=O)OC(C)OC.[B]P(I)C(CC(=O)OCCOC(=O)C(=C)C)C(=O)OC(C)OCCC.[B]P(I)OC(COCC(O)COCC(O)COC(=O)C=C)COC(=O)C=C. The lowest BCUT2D eigenvalue weighted by molar-refractivity contribution is -0.175. The smallest absolute Gasteiger partial charge is 0.333 e. The number of methoxy groups -OCH3 is 1. The Bertz CT molecular complexity index is 1770. The first-order valence-electron chi connectivity index (χ1n) is 22.0. The molecule has 0 saturated carbocycles. The van der Waals surface area contributed by atoms with Crippen LogP contribution in [0.1, 0.15) is 53.9 Å². The minimum Gasteiger partial charge on any atom is -0.462 e. The molecule has 0 fully saturated rings. The van der Waals surface area contributed by atoms with Crippen LogP contribution >= 0.6 is 82.7 Å². The van der Waals surface area contributed by atoms with E-state index in [1.807, 2.05) is 73.0 Å². The van der Waals surface area contributed by atoms with E-state index in [1.165, 1.54) is 21.0 Å². The minimum absolute atomic E-state index is 0.0423. The quantitative estimate of drug-likeness (QED) is 0.0121. The topological polar surface area (TPSA) is 297 Å². The summed E-state index contributed by atoms with van der Waals surface area (Å²) < 4.78 is 65.0. The number of rotatable bonds is 38. The third-order valence-electron chi connectivity index (χ3n) is 7.82. The van der Waals surface area contributed by atoms with Crippen molar-refractivity contribution < 1.29 is 110 Å². The van der Waals surface area contributed by atoms with Gasteiger partial charge in [0.05, 0.1) is 57.2 Å². The predicted octanol–water partition coefficient (Wildman–Crippen LogP) is 4.91. The summed E-state index contributed by atoms with van der Waals surface area (Å²) in [6, 6.07) is 0. The second kappa shape index (κ2) is 48.1. The van der Waals surface area contributed by atoms with Crippen molar-refractivity contribution in [1.29, 1.82) is 0 Å². The zero-order chi connectivity index (χ0) is 58.1. The highest BCUT2D eigenvalue weighted by molar-refractivity contribution is 14.2. The van der Waals surface area contributed by atoms with Gasteiger partial charge in [0.25, 0.3) is 0 Å². The standard InChI is InChI=1S/C15H23BIO9P.C15H23BIO7P.C13H19BIO7P/c1-3-14(20)24-8-12(19)7-22-5-11(18)6-23-9-13(26-27(16)17)10-25-15(21)4-2;1-5-6-21-11(4)24-15(20)12(25(16)17)9-13(18)22-7-8-23-14(19)10(2)3;1-8(2)12(17)21-6-5-20-11(16)7-10(23(14)15)13(18)22-9(3)19-4/h3-4,11-13,18-19H,1-2,5-10H2;11-12H,2,5-9H2,1,3-4H3;9-10H,1,5-7H2,2-4H3. The van der Waals surface area contributed by atoms with E-state index in [1.54, 1.807) is 13.8 Å². The summed E-state index contributed by atoms with van der Waals surface area (Å²) >= 11 is 5.69. The molecule has 0 aromatic carbocycles. The third kappa shape index (κ3) is 45.7. The number of esters is 8. The maximum atomic E-state index is 12.1.